The Bertz CT molecular complexity index is 1320. The number of carboxylic acid groups (broad SMARTS) is 1. The third-order valence-electron chi connectivity index (χ3n) is 7.08. The minimum Gasteiger partial charge on any atom is -0.478 e. The van der Waals surface area contributed by atoms with Crippen molar-refractivity contribution in [2.45, 2.75) is 44.7 Å². The monoisotopic (exact) mass is 435 g/mol. The summed E-state index contributed by atoms with van der Waals surface area (Å²) in [5.74, 6) is -0.625. The standard InChI is InChI=1S/C30H29NO2/c1-19-16-23(14-15-25(19)30(32)33)29-18-24(17-22-9-4-6-12-28(22)29)31-20(2)26-13-7-10-21-8-3-5-11-27(21)26/h3-16,20,24,29,31H,17-18H2,1-2H3,(H,32,33)/t20-,24?,29?/m1/s1. The first-order chi connectivity index (χ1) is 16.0. The fourth-order valence-electron chi connectivity index (χ4n) is 5.48. The molecule has 2 unspecified atom stereocenters. The van der Waals surface area contributed by atoms with Crippen LogP contribution in [0.15, 0.2) is 84.9 Å². The molecule has 5 rings (SSSR count). The minimum atomic E-state index is -0.869. The Morgan fingerprint density at radius 2 is 1.73 bits per heavy atom. The molecule has 0 saturated heterocycles. The lowest BCUT2D eigenvalue weighted by atomic mass is 9.76. The molecule has 2 N–H and O–H groups in total. The summed E-state index contributed by atoms with van der Waals surface area (Å²) in [5.41, 5.74) is 6.44. The number of hydrogen-bond acceptors (Lipinski definition) is 2. The van der Waals surface area contributed by atoms with Gasteiger partial charge in [-0.2, -0.15) is 0 Å². The maximum Gasteiger partial charge on any atom is 0.335 e. The molecule has 0 heterocycles. The summed E-state index contributed by atoms with van der Waals surface area (Å²) in [7, 11) is 0. The Labute approximate surface area is 195 Å². The van der Waals surface area contributed by atoms with Crippen molar-refractivity contribution in [1.82, 2.24) is 5.32 Å². The van der Waals surface area contributed by atoms with Crippen molar-refractivity contribution in [1.29, 1.82) is 0 Å². The Morgan fingerprint density at radius 3 is 2.55 bits per heavy atom. The first-order valence-electron chi connectivity index (χ1n) is 11.7. The Morgan fingerprint density at radius 1 is 0.970 bits per heavy atom. The van der Waals surface area contributed by atoms with Gasteiger partial charge in [-0.3, -0.25) is 0 Å². The third kappa shape index (κ3) is 4.17. The largest absolute Gasteiger partial charge is 0.478 e. The second kappa shape index (κ2) is 8.84. The third-order valence-corrected chi connectivity index (χ3v) is 7.08. The lowest BCUT2D eigenvalue weighted by Gasteiger charge is -2.34. The quantitative estimate of drug-likeness (QED) is 0.369. The fourth-order valence-corrected chi connectivity index (χ4v) is 5.48. The fraction of sp³-hybridized carbons (Fsp3) is 0.233. The number of carboxylic acids is 1. The van der Waals surface area contributed by atoms with Gasteiger partial charge in [0.2, 0.25) is 0 Å². The van der Waals surface area contributed by atoms with Crippen LogP contribution in [0.3, 0.4) is 0 Å². The molecule has 0 aromatic heterocycles. The number of benzene rings is 4. The van der Waals surface area contributed by atoms with Crippen molar-refractivity contribution in [2.24, 2.45) is 0 Å². The minimum absolute atomic E-state index is 0.225. The SMILES string of the molecule is Cc1cc(C2CC(N[C@H](C)c3cccc4ccccc34)Cc3ccccc32)ccc1C(=O)O. The number of aromatic carboxylic acids is 1. The van der Waals surface area contributed by atoms with E-state index in [9.17, 15) is 9.90 Å². The van der Waals surface area contributed by atoms with E-state index < -0.39 is 5.97 Å². The molecule has 4 aromatic carbocycles. The van der Waals surface area contributed by atoms with Crippen LogP contribution in [0.1, 0.15) is 63.5 Å². The molecule has 0 bridgehead atoms. The van der Waals surface area contributed by atoms with Crippen molar-refractivity contribution in [3.05, 3.63) is 118 Å². The van der Waals surface area contributed by atoms with Gasteiger partial charge >= 0.3 is 5.97 Å². The predicted octanol–water partition coefficient (Wildman–Crippen LogP) is 6.64. The van der Waals surface area contributed by atoms with E-state index in [0.29, 0.717) is 11.6 Å². The van der Waals surface area contributed by atoms with Crippen LogP contribution in [0.4, 0.5) is 0 Å². The second-order valence-corrected chi connectivity index (χ2v) is 9.22. The van der Waals surface area contributed by atoms with E-state index in [4.69, 9.17) is 0 Å². The van der Waals surface area contributed by atoms with Gasteiger partial charge in [-0.15, -0.1) is 0 Å². The summed E-state index contributed by atoms with van der Waals surface area (Å²) >= 11 is 0. The van der Waals surface area contributed by atoms with Gasteiger partial charge < -0.3 is 10.4 Å². The molecular weight excluding hydrogens is 406 g/mol. The Hall–Kier alpha value is -3.43. The Balaban J connectivity index is 1.45. The zero-order valence-corrected chi connectivity index (χ0v) is 19.1. The van der Waals surface area contributed by atoms with Crippen molar-refractivity contribution < 1.29 is 9.90 Å². The molecule has 1 aliphatic rings. The number of fused-ring (bicyclic) bond motifs is 2. The van der Waals surface area contributed by atoms with E-state index in [1.165, 1.54) is 33.0 Å². The molecule has 0 amide bonds. The number of carbonyl (C=O) groups is 1. The highest BCUT2D eigenvalue weighted by Gasteiger charge is 2.29. The first-order valence-corrected chi connectivity index (χ1v) is 11.7. The van der Waals surface area contributed by atoms with E-state index in [2.05, 4.69) is 85.0 Å². The lowest BCUT2D eigenvalue weighted by Crippen LogP contribution is -2.38. The van der Waals surface area contributed by atoms with E-state index in [1.54, 1.807) is 6.07 Å². The zero-order chi connectivity index (χ0) is 22.9. The van der Waals surface area contributed by atoms with Gasteiger partial charge in [0.25, 0.3) is 0 Å². The van der Waals surface area contributed by atoms with E-state index in [1.807, 2.05) is 13.0 Å². The normalized spacial score (nSPS) is 18.6. The maximum atomic E-state index is 11.5. The summed E-state index contributed by atoms with van der Waals surface area (Å²) in [4.78, 5) is 11.5. The number of rotatable bonds is 5. The average Bonchev–Trinajstić information content (AvgIpc) is 2.82. The van der Waals surface area contributed by atoms with E-state index >= 15 is 0 Å². The number of hydrogen-bond donors (Lipinski definition) is 2. The van der Waals surface area contributed by atoms with Gasteiger partial charge in [-0.25, -0.2) is 4.79 Å². The molecule has 3 nitrogen and oxygen atoms in total. The van der Waals surface area contributed by atoms with Crippen molar-refractivity contribution >= 4 is 16.7 Å². The van der Waals surface area contributed by atoms with Crippen LogP contribution < -0.4 is 5.32 Å². The Kier molecular flexibility index (Phi) is 5.74. The van der Waals surface area contributed by atoms with Gasteiger partial charge in [-0.05, 0) is 71.3 Å². The topological polar surface area (TPSA) is 49.3 Å². The second-order valence-electron chi connectivity index (χ2n) is 9.22. The molecule has 166 valence electrons. The molecule has 4 aromatic rings. The van der Waals surface area contributed by atoms with Crippen LogP contribution in [0, 0.1) is 6.92 Å². The molecule has 3 heteroatoms. The van der Waals surface area contributed by atoms with Crippen LogP contribution in [-0.4, -0.2) is 17.1 Å². The molecule has 0 aliphatic heterocycles. The molecule has 0 radical (unpaired) electrons. The molecular formula is C30H29NO2. The van der Waals surface area contributed by atoms with Crippen LogP contribution in [0.2, 0.25) is 0 Å². The van der Waals surface area contributed by atoms with Gasteiger partial charge in [0.1, 0.15) is 0 Å². The highest BCUT2D eigenvalue weighted by Crippen LogP contribution is 2.38. The molecule has 33 heavy (non-hydrogen) atoms. The molecule has 3 atom stereocenters. The van der Waals surface area contributed by atoms with Crippen LogP contribution in [0.5, 0.6) is 0 Å². The first kappa shape index (κ1) is 21.4. The summed E-state index contributed by atoms with van der Waals surface area (Å²) in [6.07, 6.45) is 1.98. The van der Waals surface area contributed by atoms with Crippen LogP contribution >= 0.6 is 0 Å². The zero-order valence-electron chi connectivity index (χ0n) is 19.1. The summed E-state index contributed by atoms with van der Waals surface area (Å²) < 4.78 is 0. The van der Waals surface area contributed by atoms with Crippen molar-refractivity contribution in [3.8, 4) is 0 Å². The number of nitrogens with one attached hydrogen (secondary N) is 1. The summed E-state index contributed by atoms with van der Waals surface area (Å²) in [5, 5.41) is 15.9. The average molecular weight is 436 g/mol. The maximum absolute atomic E-state index is 11.5. The highest BCUT2D eigenvalue weighted by atomic mass is 16.4. The molecule has 0 fully saturated rings. The predicted molar refractivity (Wildman–Crippen MR) is 134 cm³/mol. The van der Waals surface area contributed by atoms with Crippen LogP contribution in [-0.2, 0) is 6.42 Å². The summed E-state index contributed by atoms with van der Waals surface area (Å²) in [6.45, 7) is 4.14. The molecule has 1 aliphatic carbocycles. The lowest BCUT2D eigenvalue weighted by molar-refractivity contribution is 0.0696. The van der Waals surface area contributed by atoms with Gasteiger partial charge in [-0.1, -0.05) is 78.9 Å². The molecule has 0 saturated carbocycles. The van der Waals surface area contributed by atoms with Gasteiger partial charge in [0, 0.05) is 18.0 Å². The van der Waals surface area contributed by atoms with Crippen molar-refractivity contribution in [3.63, 3.8) is 0 Å². The highest BCUT2D eigenvalue weighted by molar-refractivity contribution is 5.89. The number of aryl methyl sites for hydroxylation is 1. The smallest absolute Gasteiger partial charge is 0.335 e. The van der Waals surface area contributed by atoms with Crippen LogP contribution in [0.25, 0.3) is 10.8 Å². The van der Waals surface area contributed by atoms with E-state index in [0.717, 1.165) is 18.4 Å². The van der Waals surface area contributed by atoms with Gasteiger partial charge in [0.05, 0.1) is 5.56 Å². The summed E-state index contributed by atoms with van der Waals surface area (Å²) in [6, 6.07) is 30.1. The van der Waals surface area contributed by atoms with Crippen molar-refractivity contribution in [2.75, 3.05) is 0 Å². The van der Waals surface area contributed by atoms with E-state index in [-0.39, 0.29) is 12.0 Å². The molecule has 0 spiro atoms. The van der Waals surface area contributed by atoms with Gasteiger partial charge in [0.15, 0.2) is 0 Å².